The minimum Gasteiger partial charge on any atom is -0.488 e. The molecular formula is C19H20N2O. The van der Waals surface area contributed by atoms with Crippen LogP contribution in [0.4, 0.5) is 0 Å². The van der Waals surface area contributed by atoms with E-state index >= 15 is 0 Å². The second kappa shape index (κ2) is 5.85. The maximum Gasteiger partial charge on any atom is 0.129 e. The van der Waals surface area contributed by atoms with Gasteiger partial charge < -0.3 is 15.0 Å². The van der Waals surface area contributed by atoms with Crippen molar-refractivity contribution in [2.24, 2.45) is 0 Å². The summed E-state index contributed by atoms with van der Waals surface area (Å²) >= 11 is 0. The van der Waals surface area contributed by atoms with E-state index in [0.29, 0.717) is 12.5 Å². The molecule has 1 saturated heterocycles. The molecule has 2 aromatic carbocycles. The SMILES string of the molecule is c1ccc(COc2cccc3[nH]cc([C@H]4CCNC4)c23)cc1. The van der Waals surface area contributed by atoms with Crippen LogP contribution in [0.25, 0.3) is 10.9 Å². The van der Waals surface area contributed by atoms with Crippen LogP contribution in [0.2, 0.25) is 0 Å². The second-order valence-electron chi connectivity index (χ2n) is 5.89. The summed E-state index contributed by atoms with van der Waals surface area (Å²) in [5.41, 5.74) is 3.73. The third kappa shape index (κ3) is 2.48. The predicted molar refractivity (Wildman–Crippen MR) is 89.3 cm³/mol. The van der Waals surface area contributed by atoms with Crippen LogP contribution in [0, 0.1) is 0 Å². The number of aromatic nitrogens is 1. The molecule has 0 spiro atoms. The quantitative estimate of drug-likeness (QED) is 0.767. The summed E-state index contributed by atoms with van der Waals surface area (Å²) in [5.74, 6) is 1.56. The number of benzene rings is 2. The van der Waals surface area contributed by atoms with Crippen LogP contribution in [0.15, 0.2) is 54.7 Å². The Kier molecular flexibility index (Phi) is 3.57. The van der Waals surface area contributed by atoms with Gasteiger partial charge in [-0.15, -0.1) is 0 Å². The number of rotatable bonds is 4. The van der Waals surface area contributed by atoms with E-state index in [-0.39, 0.29) is 0 Å². The molecule has 1 atom stereocenters. The van der Waals surface area contributed by atoms with Crippen LogP contribution in [0.5, 0.6) is 5.75 Å². The highest BCUT2D eigenvalue weighted by atomic mass is 16.5. The fourth-order valence-corrected chi connectivity index (χ4v) is 3.27. The summed E-state index contributed by atoms with van der Waals surface area (Å²) in [7, 11) is 0. The molecule has 3 heteroatoms. The molecule has 0 aliphatic carbocycles. The van der Waals surface area contributed by atoms with Crippen LogP contribution in [-0.4, -0.2) is 18.1 Å². The molecule has 1 aliphatic heterocycles. The molecule has 22 heavy (non-hydrogen) atoms. The highest BCUT2D eigenvalue weighted by Gasteiger charge is 2.21. The van der Waals surface area contributed by atoms with Gasteiger partial charge in [0.15, 0.2) is 0 Å². The molecular weight excluding hydrogens is 272 g/mol. The molecule has 1 aliphatic rings. The van der Waals surface area contributed by atoms with E-state index in [1.54, 1.807) is 0 Å². The van der Waals surface area contributed by atoms with E-state index in [1.807, 2.05) is 18.2 Å². The van der Waals surface area contributed by atoms with Crippen molar-refractivity contribution in [1.82, 2.24) is 10.3 Å². The Bertz CT molecular complexity index is 757. The molecule has 0 saturated carbocycles. The Hall–Kier alpha value is -2.26. The number of fused-ring (bicyclic) bond motifs is 1. The van der Waals surface area contributed by atoms with Crippen molar-refractivity contribution >= 4 is 10.9 Å². The molecule has 1 aromatic heterocycles. The lowest BCUT2D eigenvalue weighted by molar-refractivity contribution is 0.310. The maximum atomic E-state index is 6.12. The minimum atomic E-state index is 0.579. The van der Waals surface area contributed by atoms with Crippen LogP contribution < -0.4 is 10.1 Å². The van der Waals surface area contributed by atoms with Gasteiger partial charge in [0.05, 0.1) is 0 Å². The zero-order valence-corrected chi connectivity index (χ0v) is 12.5. The fraction of sp³-hybridized carbons (Fsp3) is 0.263. The molecule has 0 unspecified atom stereocenters. The first-order chi connectivity index (χ1) is 10.9. The van der Waals surface area contributed by atoms with Gasteiger partial charge in [0, 0.05) is 23.6 Å². The molecule has 3 aromatic rings. The van der Waals surface area contributed by atoms with E-state index < -0.39 is 0 Å². The number of aromatic amines is 1. The molecule has 112 valence electrons. The molecule has 3 nitrogen and oxygen atoms in total. The van der Waals surface area contributed by atoms with Gasteiger partial charge in [-0.05, 0) is 42.1 Å². The summed E-state index contributed by atoms with van der Waals surface area (Å²) in [6, 6.07) is 16.6. The number of ether oxygens (including phenoxy) is 1. The summed E-state index contributed by atoms with van der Waals surface area (Å²) in [6.07, 6.45) is 3.34. The van der Waals surface area contributed by atoms with E-state index in [9.17, 15) is 0 Å². The number of hydrogen-bond donors (Lipinski definition) is 2. The van der Waals surface area contributed by atoms with E-state index in [1.165, 1.54) is 22.9 Å². The van der Waals surface area contributed by atoms with Gasteiger partial charge in [0.25, 0.3) is 0 Å². The normalized spacial score (nSPS) is 17.9. The van der Waals surface area contributed by atoms with Crippen molar-refractivity contribution in [3.63, 3.8) is 0 Å². The molecule has 2 heterocycles. The first kappa shape index (κ1) is 13.4. The Morgan fingerprint density at radius 2 is 1.95 bits per heavy atom. The highest BCUT2D eigenvalue weighted by Crippen LogP contribution is 2.35. The van der Waals surface area contributed by atoms with Gasteiger partial charge in [-0.25, -0.2) is 0 Å². The molecule has 0 bridgehead atoms. The monoisotopic (exact) mass is 292 g/mol. The van der Waals surface area contributed by atoms with Crippen LogP contribution in [0.3, 0.4) is 0 Å². The number of nitrogens with one attached hydrogen (secondary N) is 2. The van der Waals surface area contributed by atoms with Gasteiger partial charge in [0.2, 0.25) is 0 Å². The largest absolute Gasteiger partial charge is 0.488 e. The summed E-state index contributed by atoms with van der Waals surface area (Å²) in [5, 5.41) is 4.69. The first-order valence-electron chi connectivity index (χ1n) is 7.89. The van der Waals surface area contributed by atoms with Crippen LogP contribution in [-0.2, 0) is 6.61 Å². The molecule has 1 fully saturated rings. The minimum absolute atomic E-state index is 0.579. The van der Waals surface area contributed by atoms with Crippen molar-refractivity contribution in [3.05, 3.63) is 65.9 Å². The van der Waals surface area contributed by atoms with E-state index in [2.05, 4.69) is 46.8 Å². The predicted octanol–water partition coefficient (Wildman–Crippen LogP) is 3.82. The van der Waals surface area contributed by atoms with Crippen molar-refractivity contribution < 1.29 is 4.74 Å². The summed E-state index contributed by atoms with van der Waals surface area (Å²) in [6.45, 7) is 2.76. The fourth-order valence-electron chi connectivity index (χ4n) is 3.27. The van der Waals surface area contributed by atoms with Crippen molar-refractivity contribution in [2.45, 2.75) is 18.9 Å². The standard InChI is InChI=1S/C19H20N2O/c1-2-5-14(6-3-1)13-22-18-8-4-7-17-19(18)16(12-21-17)15-9-10-20-11-15/h1-8,12,15,20-21H,9-11,13H2/t15-/m0/s1. The van der Waals surface area contributed by atoms with Gasteiger partial charge in [-0.1, -0.05) is 36.4 Å². The second-order valence-corrected chi connectivity index (χ2v) is 5.89. The summed E-state index contributed by atoms with van der Waals surface area (Å²) < 4.78 is 6.12. The van der Waals surface area contributed by atoms with Crippen molar-refractivity contribution in [2.75, 3.05) is 13.1 Å². The smallest absolute Gasteiger partial charge is 0.129 e. The zero-order valence-electron chi connectivity index (χ0n) is 12.5. The van der Waals surface area contributed by atoms with Gasteiger partial charge in [-0.2, -0.15) is 0 Å². The molecule has 0 amide bonds. The third-order valence-corrected chi connectivity index (χ3v) is 4.44. The van der Waals surface area contributed by atoms with Crippen LogP contribution in [0.1, 0.15) is 23.5 Å². The first-order valence-corrected chi connectivity index (χ1v) is 7.89. The van der Waals surface area contributed by atoms with Gasteiger partial charge in [0.1, 0.15) is 12.4 Å². The lowest BCUT2D eigenvalue weighted by atomic mass is 9.97. The van der Waals surface area contributed by atoms with E-state index in [0.717, 1.165) is 24.4 Å². The van der Waals surface area contributed by atoms with Crippen molar-refractivity contribution in [3.8, 4) is 5.75 Å². The number of hydrogen-bond acceptors (Lipinski definition) is 2. The Morgan fingerprint density at radius 1 is 1.05 bits per heavy atom. The Morgan fingerprint density at radius 3 is 2.77 bits per heavy atom. The molecule has 4 rings (SSSR count). The Balaban J connectivity index is 1.66. The lowest BCUT2D eigenvalue weighted by Gasteiger charge is -2.12. The van der Waals surface area contributed by atoms with E-state index in [4.69, 9.17) is 4.74 Å². The topological polar surface area (TPSA) is 37.0 Å². The van der Waals surface area contributed by atoms with Crippen molar-refractivity contribution in [1.29, 1.82) is 0 Å². The molecule has 0 radical (unpaired) electrons. The lowest BCUT2D eigenvalue weighted by Crippen LogP contribution is -2.07. The zero-order chi connectivity index (χ0) is 14.8. The average molecular weight is 292 g/mol. The number of H-pyrrole nitrogens is 1. The highest BCUT2D eigenvalue weighted by molar-refractivity contribution is 5.89. The Labute approximate surface area is 130 Å². The van der Waals surface area contributed by atoms with Gasteiger partial charge in [-0.3, -0.25) is 0 Å². The maximum absolute atomic E-state index is 6.12. The van der Waals surface area contributed by atoms with Gasteiger partial charge >= 0.3 is 0 Å². The molecule has 2 N–H and O–H groups in total. The summed E-state index contributed by atoms with van der Waals surface area (Å²) in [4.78, 5) is 3.40. The van der Waals surface area contributed by atoms with Crippen LogP contribution >= 0.6 is 0 Å². The average Bonchev–Trinajstić information content (AvgIpc) is 3.23. The third-order valence-electron chi connectivity index (χ3n) is 4.44.